The van der Waals surface area contributed by atoms with Gasteiger partial charge in [0, 0.05) is 19.8 Å². The maximum atomic E-state index is 5.75. The van der Waals surface area contributed by atoms with Crippen molar-refractivity contribution in [2.45, 2.75) is 6.04 Å². The minimum atomic E-state index is 0.00575. The Hall–Kier alpha value is -1.13. The summed E-state index contributed by atoms with van der Waals surface area (Å²) in [5.74, 6) is 0. The van der Waals surface area contributed by atoms with Gasteiger partial charge >= 0.3 is 0 Å². The van der Waals surface area contributed by atoms with Crippen LogP contribution in [0.4, 0.5) is 5.69 Å². The van der Waals surface area contributed by atoms with Gasteiger partial charge in [-0.3, -0.25) is 4.90 Å². The number of likely N-dealkylation sites (N-methyl/N-ethyl adjacent to an activating group) is 1. The highest BCUT2D eigenvalue weighted by Gasteiger charge is 2.16. The molecule has 88 valence electrons. The van der Waals surface area contributed by atoms with Gasteiger partial charge in [0.2, 0.25) is 0 Å². The summed E-state index contributed by atoms with van der Waals surface area (Å²) in [6.07, 6.45) is 0. The number of anilines is 1. The Bertz CT molecular complexity index is 357. The lowest BCUT2D eigenvalue weighted by Gasteiger charge is -2.24. The third-order valence-electron chi connectivity index (χ3n) is 2.51. The second-order valence-electron chi connectivity index (χ2n) is 4.25. The first kappa shape index (κ1) is 12.9. The predicted octanol–water partition coefficient (Wildman–Crippen LogP) is 1.64. The molecular weight excluding hydrogens is 218 g/mol. The van der Waals surface area contributed by atoms with Gasteiger partial charge in [-0.25, -0.2) is 0 Å². The Kier molecular flexibility index (Phi) is 4.26. The van der Waals surface area contributed by atoms with Crippen molar-refractivity contribution in [1.29, 1.82) is 0 Å². The van der Waals surface area contributed by atoms with Crippen LogP contribution in [0.3, 0.4) is 0 Å². The molecule has 3 nitrogen and oxygen atoms in total. The second-order valence-corrected chi connectivity index (χ2v) is 4.73. The maximum absolute atomic E-state index is 5.75. The summed E-state index contributed by atoms with van der Waals surface area (Å²) in [6, 6.07) is 8.29. The molecular formula is C12H19N3S. The van der Waals surface area contributed by atoms with E-state index in [2.05, 4.69) is 29.2 Å². The van der Waals surface area contributed by atoms with Crippen LogP contribution < -0.4 is 10.6 Å². The van der Waals surface area contributed by atoms with Gasteiger partial charge in [0.25, 0.3) is 0 Å². The summed E-state index contributed by atoms with van der Waals surface area (Å²) in [6.45, 7) is 0. The fourth-order valence-electron chi connectivity index (χ4n) is 1.67. The van der Waals surface area contributed by atoms with E-state index >= 15 is 0 Å². The Morgan fingerprint density at radius 1 is 1.12 bits per heavy atom. The SMILES string of the molecule is CN(C)c1ccc(C(C(N)=S)N(C)C)cc1. The third-order valence-corrected chi connectivity index (χ3v) is 2.73. The topological polar surface area (TPSA) is 32.5 Å². The van der Waals surface area contributed by atoms with Gasteiger partial charge in [-0.1, -0.05) is 24.4 Å². The van der Waals surface area contributed by atoms with Crippen molar-refractivity contribution >= 4 is 22.9 Å². The molecule has 0 heterocycles. The van der Waals surface area contributed by atoms with E-state index in [1.165, 1.54) is 5.69 Å². The summed E-state index contributed by atoms with van der Waals surface area (Å²) in [4.78, 5) is 4.59. The summed E-state index contributed by atoms with van der Waals surface area (Å²) in [7, 11) is 7.99. The second kappa shape index (κ2) is 5.27. The van der Waals surface area contributed by atoms with Crippen LogP contribution in [0.15, 0.2) is 24.3 Å². The van der Waals surface area contributed by atoms with Gasteiger partial charge in [0.15, 0.2) is 0 Å². The van der Waals surface area contributed by atoms with Crippen molar-refractivity contribution < 1.29 is 0 Å². The fraction of sp³-hybridized carbons (Fsp3) is 0.417. The monoisotopic (exact) mass is 237 g/mol. The normalized spacial score (nSPS) is 12.6. The van der Waals surface area contributed by atoms with Crippen LogP contribution in [-0.2, 0) is 0 Å². The molecule has 0 radical (unpaired) electrons. The zero-order valence-electron chi connectivity index (χ0n) is 10.3. The number of thiocarbonyl (C=S) groups is 1. The largest absolute Gasteiger partial charge is 0.392 e. The van der Waals surface area contributed by atoms with Crippen LogP contribution in [0.1, 0.15) is 11.6 Å². The van der Waals surface area contributed by atoms with Gasteiger partial charge in [-0.05, 0) is 31.8 Å². The van der Waals surface area contributed by atoms with Crippen LogP contribution in [-0.4, -0.2) is 38.1 Å². The Morgan fingerprint density at radius 2 is 1.62 bits per heavy atom. The molecule has 0 saturated heterocycles. The smallest absolute Gasteiger partial charge is 0.0948 e. The van der Waals surface area contributed by atoms with Crippen molar-refractivity contribution in [2.24, 2.45) is 5.73 Å². The molecule has 0 saturated carbocycles. The molecule has 1 atom stereocenters. The Morgan fingerprint density at radius 3 is 1.94 bits per heavy atom. The minimum absolute atomic E-state index is 0.00575. The van der Waals surface area contributed by atoms with Crippen molar-refractivity contribution in [3.8, 4) is 0 Å². The van der Waals surface area contributed by atoms with Gasteiger partial charge in [0.1, 0.15) is 0 Å². The molecule has 0 aliphatic carbocycles. The highest BCUT2D eigenvalue weighted by molar-refractivity contribution is 7.80. The van der Waals surface area contributed by atoms with E-state index in [0.29, 0.717) is 4.99 Å². The summed E-state index contributed by atoms with van der Waals surface area (Å²) >= 11 is 5.09. The zero-order chi connectivity index (χ0) is 12.3. The van der Waals surface area contributed by atoms with E-state index in [-0.39, 0.29) is 6.04 Å². The number of hydrogen-bond acceptors (Lipinski definition) is 3. The lowest BCUT2D eigenvalue weighted by molar-refractivity contribution is 0.371. The number of rotatable bonds is 4. The number of nitrogens with zero attached hydrogens (tertiary/aromatic N) is 2. The van der Waals surface area contributed by atoms with Crippen molar-refractivity contribution in [3.63, 3.8) is 0 Å². The van der Waals surface area contributed by atoms with Gasteiger partial charge < -0.3 is 10.6 Å². The molecule has 0 fully saturated rings. The van der Waals surface area contributed by atoms with Gasteiger partial charge in [0.05, 0.1) is 11.0 Å². The highest BCUT2D eigenvalue weighted by atomic mass is 32.1. The van der Waals surface area contributed by atoms with Crippen LogP contribution in [0.25, 0.3) is 0 Å². The molecule has 1 aromatic carbocycles. The molecule has 4 heteroatoms. The average Bonchev–Trinajstić information content (AvgIpc) is 2.17. The van der Waals surface area contributed by atoms with E-state index in [0.717, 1.165) is 5.56 Å². The quantitative estimate of drug-likeness (QED) is 0.807. The van der Waals surface area contributed by atoms with E-state index in [4.69, 9.17) is 18.0 Å². The number of benzene rings is 1. The minimum Gasteiger partial charge on any atom is -0.392 e. The Balaban J connectivity index is 2.99. The molecule has 0 spiro atoms. The molecule has 1 unspecified atom stereocenters. The molecule has 0 aliphatic heterocycles. The first-order valence-corrected chi connectivity index (χ1v) is 5.57. The molecule has 1 aromatic rings. The lowest BCUT2D eigenvalue weighted by atomic mass is 10.1. The standard InChI is InChI=1S/C12H19N3S/c1-14(2)10-7-5-9(6-8-10)11(12(13)16)15(3)4/h5-8,11H,1-4H3,(H2,13,16). The maximum Gasteiger partial charge on any atom is 0.0948 e. The Labute approximate surface area is 103 Å². The zero-order valence-corrected chi connectivity index (χ0v) is 11.1. The van der Waals surface area contributed by atoms with Crippen LogP contribution in [0, 0.1) is 0 Å². The number of hydrogen-bond donors (Lipinski definition) is 1. The molecule has 2 N–H and O–H groups in total. The summed E-state index contributed by atoms with van der Waals surface area (Å²) in [5.41, 5.74) is 8.05. The van der Waals surface area contributed by atoms with Crippen LogP contribution in [0.5, 0.6) is 0 Å². The van der Waals surface area contributed by atoms with Crippen molar-refractivity contribution in [3.05, 3.63) is 29.8 Å². The molecule has 0 amide bonds. The van der Waals surface area contributed by atoms with Crippen LogP contribution >= 0.6 is 12.2 Å². The van der Waals surface area contributed by atoms with E-state index < -0.39 is 0 Å². The van der Waals surface area contributed by atoms with Crippen molar-refractivity contribution in [1.82, 2.24) is 4.90 Å². The lowest BCUT2D eigenvalue weighted by Crippen LogP contribution is -2.31. The first-order valence-electron chi connectivity index (χ1n) is 5.16. The number of nitrogens with two attached hydrogens (primary N) is 1. The molecule has 0 bridgehead atoms. The first-order chi connectivity index (χ1) is 7.43. The molecule has 16 heavy (non-hydrogen) atoms. The van der Waals surface area contributed by atoms with Gasteiger partial charge in [-0.15, -0.1) is 0 Å². The van der Waals surface area contributed by atoms with E-state index in [1.54, 1.807) is 0 Å². The van der Waals surface area contributed by atoms with Crippen LogP contribution in [0.2, 0.25) is 0 Å². The van der Waals surface area contributed by atoms with Crippen molar-refractivity contribution in [2.75, 3.05) is 33.1 Å². The molecule has 1 rings (SSSR count). The molecule has 0 aliphatic rings. The molecule has 0 aromatic heterocycles. The summed E-state index contributed by atoms with van der Waals surface area (Å²) in [5, 5.41) is 0. The average molecular weight is 237 g/mol. The fourth-order valence-corrected chi connectivity index (χ4v) is 2.02. The van der Waals surface area contributed by atoms with Gasteiger partial charge in [-0.2, -0.15) is 0 Å². The third kappa shape index (κ3) is 2.93. The van der Waals surface area contributed by atoms with E-state index in [9.17, 15) is 0 Å². The van der Waals surface area contributed by atoms with E-state index in [1.807, 2.05) is 33.1 Å². The summed E-state index contributed by atoms with van der Waals surface area (Å²) < 4.78 is 0. The highest BCUT2D eigenvalue weighted by Crippen LogP contribution is 2.21. The predicted molar refractivity (Wildman–Crippen MR) is 74.0 cm³/mol.